The quantitative estimate of drug-likeness (QED) is 0.234. The van der Waals surface area contributed by atoms with Crippen LogP contribution >= 0.6 is 11.6 Å². The average Bonchev–Trinajstić information content (AvgIpc) is 3.14. The summed E-state index contributed by atoms with van der Waals surface area (Å²) >= 11 is 6.29. The third-order valence-electron chi connectivity index (χ3n) is 6.62. The Labute approximate surface area is 222 Å². The van der Waals surface area contributed by atoms with Crippen LogP contribution in [0.15, 0.2) is 66.2 Å². The number of carbonyl (C=O) groups excluding carboxylic acids is 2. The molecule has 1 atom stereocenters. The fourth-order valence-corrected chi connectivity index (χ4v) is 4.71. The molecule has 1 unspecified atom stereocenters. The van der Waals surface area contributed by atoms with Crippen LogP contribution in [0.3, 0.4) is 0 Å². The van der Waals surface area contributed by atoms with Gasteiger partial charge in [0.2, 0.25) is 0 Å². The Hall–Kier alpha value is -3.77. The van der Waals surface area contributed by atoms with E-state index in [1.165, 1.54) is 19.1 Å². The number of aryl methyl sites for hydroxylation is 1. The Morgan fingerprint density at radius 3 is 2.16 bits per heavy atom. The van der Waals surface area contributed by atoms with Gasteiger partial charge >= 0.3 is 0 Å². The maximum absolute atomic E-state index is 13.5. The molecule has 1 N–H and O–H groups in total. The van der Waals surface area contributed by atoms with Gasteiger partial charge in [-0.1, -0.05) is 62.7 Å². The Morgan fingerprint density at radius 2 is 1.57 bits per heavy atom. The average molecular weight is 520 g/mol. The minimum absolute atomic E-state index is 0.0138. The fourth-order valence-electron chi connectivity index (χ4n) is 4.54. The topological polar surface area (TPSA) is 76.1 Å². The van der Waals surface area contributed by atoms with E-state index in [1.54, 1.807) is 36.4 Å². The first kappa shape index (κ1) is 26.3. The number of anilines is 1. The number of Topliss-reactive ketones (excluding diaryl/α,β-unsaturated/α-hetero) is 1. The van der Waals surface area contributed by atoms with Gasteiger partial charge in [-0.3, -0.25) is 14.5 Å². The number of hydrogen-bond acceptors (Lipinski definition) is 5. The molecule has 1 aliphatic heterocycles. The molecule has 3 aromatic carbocycles. The zero-order valence-electron chi connectivity index (χ0n) is 21.8. The molecule has 0 radical (unpaired) electrons. The Bertz CT molecular complexity index is 1400. The zero-order valence-corrected chi connectivity index (χ0v) is 22.5. The number of hydrogen-bond donors (Lipinski definition) is 1. The van der Waals surface area contributed by atoms with Crippen LogP contribution in [0, 0.1) is 6.92 Å². The van der Waals surface area contributed by atoms with Gasteiger partial charge < -0.3 is 14.6 Å². The number of rotatable bonds is 5. The van der Waals surface area contributed by atoms with Crippen LogP contribution in [0.1, 0.15) is 49.1 Å². The highest BCUT2D eigenvalue weighted by Gasteiger charge is 2.47. The maximum atomic E-state index is 13.5. The lowest BCUT2D eigenvalue weighted by atomic mass is 9.85. The number of aliphatic hydroxyl groups is 1. The van der Waals surface area contributed by atoms with Gasteiger partial charge in [0.05, 0.1) is 25.8 Å². The van der Waals surface area contributed by atoms with Gasteiger partial charge in [-0.25, -0.2) is 0 Å². The third-order valence-corrected chi connectivity index (χ3v) is 6.86. The molecule has 3 aromatic rings. The van der Waals surface area contributed by atoms with Crippen molar-refractivity contribution in [1.29, 1.82) is 0 Å². The number of nitrogens with zero attached hydrogens (tertiary/aromatic N) is 1. The molecule has 0 bridgehead atoms. The van der Waals surface area contributed by atoms with Crippen molar-refractivity contribution in [3.8, 4) is 11.5 Å². The number of ether oxygens (including phenoxy) is 2. The Morgan fingerprint density at radius 1 is 0.919 bits per heavy atom. The number of ketones is 1. The molecule has 7 heteroatoms. The first-order valence-corrected chi connectivity index (χ1v) is 12.3. The Kier molecular flexibility index (Phi) is 7.07. The normalized spacial score (nSPS) is 17.3. The number of carbonyl (C=O) groups is 2. The molecule has 1 aliphatic rings. The van der Waals surface area contributed by atoms with Gasteiger partial charge in [0.25, 0.3) is 11.7 Å². The van der Waals surface area contributed by atoms with E-state index >= 15 is 0 Å². The van der Waals surface area contributed by atoms with Crippen molar-refractivity contribution in [2.24, 2.45) is 0 Å². The zero-order chi connectivity index (χ0) is 27.1. The number of halogens is 1. The number of aliphatic hydroxyl groups excluding tert-OH is 1. The SMILES string of the molecule is COc1ccc(/C(O)=C2\C(=O)C(=O)N(c3cc(Cl)ccc3C)C2c2ccc(C(C)(C)C)cc2)cc1OC. The largest absolute Gasteiger partial charge is 0.507 e. The van der Waals surface area contributed by atoms with E-state index in [1.807, 2.05) is 31.2 Å². The Balaban J connectivity index is 1.97. The summed E-state index contributed by atoms with van der Waals surface area (Å²) in [5.74, 6) is -0.957. The molecule has 1 amide bonds. The third kappa shape index (κ3) is 4.81. The molecule has 0 spiro atoms. The van der Waals surface area contributed by atoms with Crippen molar-refractivity contribution in [1.82, 2.24) is 0 Å². The maximum Gasteiger partial charge on any atom is 0.300 e. The molecule has 1 heterocycles. The van der Waals surface area contributed by atoms with Crippen molar-refractivity contribution < 1.29 is 24.2 Å². The second-order valence-corrected chi connectivity index (χ2v) is 10.5. The molecule has 0 saturated carbocycles. The van der Waals surface area contributed by atoms with Crippen LogP contribution in [-0.2, 0) is 15.0 Å². The van der Waals surface area contributed by atoms with Gasteiger partial charge in [-0.15, -0.1) is 0 Å². The van der Waals surface area contributed by atoms with Crippen LogP contribution in [0.2, 0.25) is 5.02 Å². The molecule has 1 fully saturated rings. The van der Waals surface area contributed by atoms with Crippen LogP contribution < -0.4 is 14.4 Å². The standard InChI is InChI=1S/C30H30ClNO5/c1-17-7-13-21(31)16-22(17)32-26(18-8-11-20(12-9-18)30(2,3)4)25(28(34)29(32)35)27(33)19-10-14-23(36-5)24(15-19)37-6/h7-16,26,33H,1-6H3/b27-25+. The van der Waals surface area contributed by atoms with Crippen molar-refractivity contribution in [3.63, 3.8) is 0 Å². The molecule has 0 aromatic heterocycles. The molecule has 0 aliphatic carbocycles. The highest BCUT2D eigenvalue weighted by atomic mass is 35.5. The monoisotopic (exact) mass is 519 g/mol. The minimum atomic E-state index is -0.862. The summed E-state index contributed by atoms with van der Waals surface area (Å²) in [6, 6.07) is 16.9. The summed E-state index contributed by atoms with van der Waals surface area (Å²) in [5, 5.41) is 11.9. The van der Waals surface area contributed by atoms with Crippen LogP contribution in [0.5, 0.6) is 11.5 Å². The lowest BCUT2D eigenvalue weighted by Crippen LogP contribution is -2.30. The fraction of sp³-hybridized carbons (Fsp3) is 0.267. The summed E-state index contributed by atoms with van der Waals surface area (Å²) in [6.45, 7) is 8.18. The first-order chi connectivity index (χ1) is 17.5. The minimum Gasteiger partial charge on any atom is -0.507 e. The van der Waals surface area contributed by atoms with Crippen LogP contribution in [-0.4, -0.2) is 31.0 Å². The van der Waals surface area contributed by atoms with E-state index in [-0.39, 0.29) is 16.7 Å². The molecular formula is C30H30ClNO5. The summed E-state index contributed by atoms with van der Waals surface area (Å²) in [4.78, 5) is 28.4. The van der Waals surface area contributed by atoms with Crippen molar-refractivity contribution in [2.45, 2.75) is 39.2 Å². The number of amides is 1. The van der Waals surface area contributed by atoms with Gasteiger partial charge in [0, 0.05) is 16.3 Å². The second-order valence-electron chi connectivity index (χ2n) is 10.0. The summed E-state index contributed by atoms with van der Waals surface area (Å²) < 4.78 is 10.7. The highest BCUT2D eigenvalue weighted by Crippen LogP contribution is 2.44. The molecule has 37 heavy (non-hydrogen) atoms. The van der Waals surface area contributed by atoms with Gasteiger partial charge in [-0.2, -0.15) is 0 Å². The van der Waals surface area contributed by atoms with Crippen LogP contribution in [0.25, 0.3) is 5.76 Å². The molecule has 6 nitrogen and oxygen atoms in total. The summed E-state index contributed by atoms with van der Waals surface area (Å²) in [5.41, 5.74) is 3.30. The lowest BCUT2D eigenvalue weighted by molar-refractivity contribution is -0.132. The molecule has 4 rings (SSSR count). The molecular weight excluding hydrogens is 490 g/mol. The highest BCUT2D eigenvalue weighted by molar-refractivity contribution is 6.52. The van der Waals surface area contributed by atoms with Gasteiger partial charge in [0.1, 0.15) is 5.76 Å². The van der Waals surface area contributed by atoms with E-state index < -0.39 is 17.7 Å². The van der Waals surface area contributed by atoms with Gasteiger partial charge in [0.15, 0.2) is 11.5 Å². The summed E-state index contributed by atoms with van der Waals surface area (Å²) in [7, 11) is 3.00. The van der Waals surface area contributed by atoms with Crippen molar-refractivity contribution in [3.05, 3.63) is 93.5 Å². The number of methoxy groups -OCH3 is 2. The van der Waals surface area contributed by atoms with E-state index in [0.29, 0.717) is 33.3 Å². The molecule has 192 valence electrons. The molecule has 1 saturated heterocycles. The lowest BCUT2D eigenvalue weighted by Gasteiger charge is -2.28. The van der Waals surface area contributed by atoms with E-state index in [4.69, 9.17) is 21.1 Å². The predicted molar refractivity (Wildman–Crippen MR) is 146 cm³/mol. The number of benzene rings is 3. The summed E-state index contributed by atoms with van der Waals surface area (Å²) in [6.07, 6.45) is 0. The van der Waals surface area contributed by atoms with Crippen LogP contribution in [0.4, 0.5) is 5.69 Å². The van der Waals surface area contributed by atoms with E-state index in [0.717, 1.165) is 11.1 Å². The second kappa shape index (κ2) is 9.94. The van der Waals surface area contributed by atoms with Crippen molar-refractivity contribution >= 4 is 34.7 Å². The first-order valence-electron chi connectivity index (χ1n) is 11.9. The predicted octanol–water partition coefficient (Wildman–Crippen LogP) is 6.59. The van der Waals surface area contributed by atoms with E-state index in [9.17, 15) is 14.7 Å². The smallest absolute Gasteiger partial charge is 0.300 e. The van der Waals surface area contributed by atoms with E-state index in [2.05, 4.69) is 20.8 Å². The van der Waals surface area contributed by atoms with Crippen molar-refractivity contribution in [2.75, 3.05) is 19.1 Å². The van der Waals surface area contributed by atoms with Gasteiger partial charge in [-0.05, 0) is 59.4 Å².